The second kappa shape index (κ2) is 7.19. The third kappa shape index (κ3) is 3.49. The molecule has 0 aliphatic carbocycles. The van der Waals surface area contributed by atoms with Crippen LogP contribution >= 0.6 is 0 Å². The second-order valence-electron chi connectivity index (χ2n) is 6.55. The van der Waals surface area contributed by atoms with E-state index in [4.69, 9.17) is 24.9 Å². The summed E-state index contributed by atoms with van der Waals surface area (Å²) in [4.78, 5) is 13.4. The highest BCUT2D eigenvalue weighted by Crippen LogP contribution is 2.35. The van der Waals surface area contributed by atoms with Crippen molar-refractivity contribution in [1.82, 2.24) is 15.0 Å². The number of hydrogen-bond donors (Lipinski definition) is 1. The van der Waals surface area contributed by atoms with Crippen LogP contribution in [0.4, 0.5) is 0 Å². The number of methoxy groups -OCH3 is 1. The molecule has 2 aromatic heterocycles. The number of aromatic nitrogens is 3. The minimum absolute atomic E-state index is 0.172. The number of nitrogens with two attached hydrogens (primary N) is 1. The van der Waals surface area contributed by atoms with E-state index >= 15 is 0 Å². The fraction of sp³-hybridized carbons (Fsp3) is 0.421. The molecule has 0 saturated carbocycles. The van der Waals surface area contributed by atoms with Gasteiger partial charge < -0.3 is 14.9 Å². The van der Waals surface area contributed by atoms with Gasteiger partial charge in [0, 0.05) is 11.5 Å². The number of ether oxygens (including phenoxy) is 1. The summed E-state index contributed by atoms with van der Waals surface area (Å²) in [6.45, 7) is 6.38. The zero-order chi connectivity index (χ0) is 18.0. The lowest BCUT2D eigenvalue weighted by molar-refractivity contribution is 0.415. The van der Waals surface area contributed by atoms with Crippen molar-refractivity contribution in [3.63, 3.8) is 0 Å². The molecular formula is C19H24N4O2. The largest absolute Gasteiger partial charge is 0.496 e. The van der Waals surface area contributed by atoms with Crippen LogP contribution in [0.2, 0.25) is 0 Å². The fourth-order valence-corrected chi connectivity index (χ4v) is 3.00. The average molecular weight is 340 g/mol. The number of rotatable bonds is 6. The summed E-state index contributed by atoms with van der Waals surface area (Å²) >= 11 is 0. The molecule has 2 N–H and O–H groups in total. The van der Waals surface area contributed by atoms with Crippen LogP contribution in [0.5, 0.6) is 5.75 Å². The van der Waals surface area contributed by atoms with Crippen LogP contribution in [0.25, 0.3) is 22.2 Å². The minimum Gasteiger partial charge on any atom is -0.496 e. The first kappa shape index (κ1) is 17.4. The predicted molar refractivity (Wildman–Crippen MR) is 97.3 cm³/mol. The van der Waals surface area contributed by atoms with Crippen LogP contribution in [0.1, 0.15) is 44.8 Å². The highest BCUT2D eigenvalue weighted by atomic mass is 16.5. The third-order valence-electron chi connectivity index (χ3n) is 4.20. The Morgan fingerprint density at radius 1 is 1.24 bits per heavy atom. The SMILES string of the molecule is CCc1nc(C(N)CC(C)C)nc2cc(OC)c(-c3cnco3)cc12. The molecule has 6 nitrogen and oxygen atoms in total. The first-order valence-corrected chi connectivity index (χ1v) is 8.56. The number of aryl methyl sites for hydroxylation is 1. The Morgan fingerprint density at radius 3 is 2.64 bits per heavy atom. The van der Waals surface area contributed by atoms with E-state index in [1.54, 1.807) is 13.3 Å². The minimum atomic E-state index is -0.172. The molecule has 0 aliphatic rings. The van der Waals surface area contributed by atoms with Gasteiger partial charge in [0.15, 0.2) is 12.2 Å². The molecule has 1 aromatic carbocycles. The lowest BCUT2D eigenvalue weighted by Gasteiger charge is -2.16. The molecule has 0 radical (unpaired) electrons. The van der Waals surface area contributed by atoms with Crippen LogP contribution in [-0.2, 0) is 6.42 Å². The molecule has 1 unspecified atom stereocenters. The first-order valence-electron chi connectivity index (χ1n) is 8.56. The number of nitrogens with zero attached hydrogens (tertiary/aromatic N) is 3. The zero-order valence-electron chi connectivity index (χ0n) is 15.1. The van der Waals surface area contributed by atoms with Crippen molar-refractivity contribution in [1.29, 1.82) is 0 Å². The molecule has 3 aromatic rings. The molecule has 0 aliphatic heterocycles. The van der Waals surface area contributed by atoms with Crippen molar-refractivity contribution in [2.24, 2.45) is 11.7 Å². The van der Waals surface area contributed by atoms with Gasteiger partial charge >= 0.3 is 0 Å². The maximum Gasteiger partial charge on any atom is 0.181 e. The Morgan fingerprint density at radius 2 is 2.04 bits per heavy atom. The normalized spacial score (nSPS) is 12.7. The third-order valence-corrected chi connectivity index (χ3v) is 4.20. The molecule has 6 heteroatoms. The van der Waals surface area contributed by atoms with Crippen molar-refractivity contribution < 1.29 is 9.15 Å². The van der Waals surface area contributed by atoms with Crippen molar-refractivity contribution >= 4 is 10.9 Å². The second-order valence-corrected chi connectivity index (χ2v) is 6.55. The molecule has 0 saturated heterocycles. The zero-order valence-corrected chi connectivity index (χ0v) is 15.1. The molecule has 132 valence electrons. The molecule has 25 heavy (non-hydrogen) atoms. The Kier molecular flexibility index (Phi) is 4.99. The highest BCUT2D eigenvalue weighted by molar-refractivity contribution is 5.88. The van der Waals surface area contributed by atoms with Gasteiger partial charge in [-0.15, -0.1) is 0 Å². The van der Waals surface area contributed by atoms with Gasteiger partial charge in [-0.25, -0.2) is 15.0 Å². The summed E-state index contributed by atoms with van der Waals surface area (Å²) in [6, 6.07) is 3.75. The number of hydrogen-bond acceptors (Lipinski definition) is 6. The van der Waals surface area contributed by atoms with E-state index in [1.807, 2.05) is 12.1 Å². The molecule has 1 atom stereocenters. The lowest BCUT2D eigenvalue weighted by Crippen LogP contribution is -2.17. The number of fused-ring (bicyclic) bond motifs is 1. The quantitative estimate of drug-likeness (QED) is 0.732. The summed E-state index contributed by atoms with van der Waals surface area (Å²) in [5.41, 5.74) is 8.96. The first-order chi connectivity index (χ1) is 12.0. The highest BCUT2D eigenvalue weighted by Gasteiger charge is 2.18. The molecule has 0 fully saturated rings. The molecule has 3 rings (SSSR count). The van der Waals surface area contributed by atoms with E-state index in [-0.39, 0.29) is 6.04 Å². The van der Waals surface area contributed by atoms with E-state index in [9.17, 15) is 0 Å². The molecule has 2 heterocycles. The van der Waals surface area contributed by atoms with Crippen molar-refractivity contribution in [2.45, 2.75) is 39.7 Å². The van der Waals surface area contributed by atoms with Crippen molar-refractivity contribution in [2.75, 3.05) is 7.11 Å². The smallest absolute Gasteiger partial charge is 0.181 e. The molecule has 0 bridgehead atoms. The predicted octanol–water partition coefficient (Wildman–Crippen LogP) is 3.90. The van der Waals surface area contributed by atoms with Gasteiger partial charge in [0.1, 0.15) is 11.6 Å². The molecule has 0 spiro atoms. The van der Waals surface area contributed by atoms with Gasteiger partial charge in [0.2, 0.25) is 0 Å². The topological polar surface area (TPSA) is 87.1 Å². The Bertz CT molecular complexity index is 859. The summed E-state index contributed by atoms with van der Waals surface area (Å²) in [6.07, 6.45) is 4.72. The van der Waals surface area contributed by atoms with Gasteiger partial charge in [-0.2, -0.15) is 0 Å². The fourth-order valence-electron chi connectivity index (χ4n) is 3.00. The number of benzene rings is 1. The maximum absolute atomic E-state index is 6.31. The van der Waals surface area contributed by atoms with Crippen LogP contribution in [0, 0.1) is 5.92 Å². The van der Waals surface area contributed by atoms with E-state index in [2.05, 4.69) is 25.8 Å². The Labute approximate surface area is 147 Å². The van der Waals surface area contributed by atoms with Crippen LogP contribution in [0.3, 0.4) is 0 Å². The van der Waals surface area contributed by atoms with E-state index in [0.717, 1.165) is 35.0 Å². The lowest BCUT2D eigenvalue weighted by atomic mass is 10.0. The average Bonchev–Trinajstić information content (AvgIpc) is 3.13. The van der Waals surface area contributed by atoms with Crippen molar-refractivity contribution in [3.05, 3.63) is 36.2 Å². The summed E-state index contributed by atoms with van der Waals surface area (Å²) in [5, 5.41) is 0.982. The van der Waals surface area contributed by atoms with Gasteiger partial charge in [-0.05, 0) is 24.8 Å². The molecular weight excluding hydrogens is 316 g/mol. The standard InChI is InChI=1S/C19H24N4O2/c1-5-15-12-7-13(18-9-21-10-25-18)17(24-4)8-16(12)23-19(22-15)14(20)6-11(2)3/h7-11,14H,5-6,20H2,1-4H3. The maximum atomic E-state index is 6.31. The van der Waals surface area contributed by atoms with Gasteiger partial charge in [0.05, 0.1) is 36.1 Å². The van der Waals surface area contributed by atoms with Crippen molar-refractivity contribution in [3.8, 4) is 17.1 Å². The van der Waals surface area contributed by atoms with Crippen LogP contribution in [-0.4, -0.2) is 22.1 Å². The van der Waals surface area contributed by atoms with Crippen LogP contribution in [0.15, 0.2) is 29.1 Å². The van der Waals surface area contributed by atoms with E-state index in [1.165, 1.54) is 6.39 Å². The van der Waals surface area contributed by atoms with Gasteiger partial charge in [-0.3, -0.25) is 0 Å². The Hall–Kier alpha value is -2.47. The summed E-state index contributed by atoms with van der Waals surface area (Å²) in [7, 11) is 1.63. The van der Waals surface area contributed by atoms with E-state index in [0.29, 0.717) is 23.3 Å². The van der Waals surface area contributed by atoms with Gasteiger partial charge in [0.25, 0.3) is 0 Å². The Balaban J connectivity index is 2.17. The molecule has 0 amide bonds. The summed E-state index contributed by atoms with van der Waals surface area (Å²) in [5.74, 6) is 2.52. The van der Waals surface area contributed by atoms with Crippen LogP contribution < -0.4 is 10.5 Å². The monoisotopic (exact) mass is 340 g/mol. The summed E-state index contributed by atoms with van der Waals surface area (Å²) < 4.78 is 11.0. The number of oxazole rings is 1. The van der Waals surface area contributed by atoms with Gasteiger partial charge in [-0.1, -0.05) is 20.8 Å². The van der Waals surface area contributed by atoms with E-state index < -0.39 is 0 Å².